The smallest absolute Gasteiger partial charge is 0.338 e. The molecular formula is C13H18N2O3. The normalized spacial score (nSPS) is 10.8. The Labute approximate surface area is 107 Å². The van der Waals surface area contributed by atoms with Gasteiger partial charge in [-0.3, -0.25) is 4.90 Å². The maximum absolute atomic E-state index is 10.7. The summed E-state index contributed by atoms with van der Waals surface area (Å²) < 4.78 is 5.21. The fourth-order valence-electron chi connectivity index (χ4n) is 1.76. The van der Waals surface area contributed by atoms with E-state index >= 15 is 0 Å². The Morgan fingerprint density at radius 3 is 2.83 bits per heavy atom. The van der Waals surface area contributed by atoms with Gasteiger partial charge in [0.15, 0.2) is 0 Å². The van der Waals surface area contributed by atoms with Crippen LogP contribution in [0.5, 0.6) is 0 Å². The SMILES string of the molecule is CC(C)CN(CCC#N)Cc1cc(C(=O)O)co1. The molecule has 0 fully saturated rings. The number of aromatic carboxylic acids is 1. The van der Waals surface area contributed by atoms with Crippen LogP contribution in [0.25, 0.3) is 0 Å². The van der Waals surface area contributed by atoms with Crippen molar-refractivity contribution < 1.29 is 14.3 Å². The molecule has 0 radical (unpaired) electrons. The van der Waals surface area contributed by atoms with Gasteiger partial charge in [0.25, 0.3) is 0 Å². The van der Waals surface area contributed by atoms with Crippen molar-refractivity contribution in [3.05, 3.63) is 23.7 Å². The van der Waals surface area contributed by atoms with Crippen molar-refractivity contribution in [1.82, 2.24) is 4.90 Å². The van der Waals surface area contributed by atoms with Crippen LogP contribution in [0.1, 0.15) is 36.4 Å². The fourth-order valence-corrected chi connectivity index (χ4v) is 1.76. The third-order valence-corrected chi connectivity index (χ3v) is 2.44. The molecule has 0 aliphatic rings. The van der Waals surface area contributed by atoms with Crippen LogP contribution in [0.4, 0.5) is 0 Å². The van der Waals surface area contributed by atoms with Gasteiger partial charge in [-0.15, -0.1) is 0 Å². The molecular weight excluding hydrogens is 232 g/mol. The molecule has 0 atom stereocenters. The molecule has 5 nitrogen and oxygen atoms in total. The van der Waals surface area contributed by atoms with Gasteiger partial charge in [-0.05, 0) is 12.0 Å². The molecule has 0 amide bonds. The van der Waals surface area contributed by atoms with Crippen LogP contribution >= 0.6 is 0 Å². The number of hydrogen-bond acceptors (Lipinski definition) is 4. The van der Waals surface area contributed by atoms with Crippen molar-refractivity contribution >= 4 is 5.97 Å². The van der Waals surface area contributed by atoms with Crippen LogP contribution in [0.15, 0.2) is 16.7 Å². The summed E-state index contributed by atoms with van der Waals surface area (Å²) in [5.74, 6) is 0.112. The number of rotatable bonds is 7. The summed E-state index contributed by atoms with van der Waals surface area (Å²) in [7, 11) is 0. The first-order valence-corrected chi connectivity index (χ1v) is 5.93. The fraction of sp³-hybridized carbons (Fsp3) is 0.538. The minimum atomic E-state index is -0.988. The zero-order valence-corrected chi connectivity index (χ0v) is 10.7. The number of hydrogen-bond donors (Lipinski definition) is 1. The van der Waals surface area contributed by atoms with Crippen molar-refractivity contribution in [2.75, 3.05) is 13.1 Å². The second kappa shape index (κ2) is 6.82. The van der Waals surface area contributed by atoms with Crippen molar-refractivity contribution in [2.24, 2.45) is 5.92 Å². The number of nitriles is 1. The second-order valence-electron chi connectivity index (χ2n) is 4.64. The Balaban J connectivity index is 2.63. The number of carboxylic acids is 1. The molecule has 98 valence electrons. The van der Waals surface area contributed by atoms with Gasteiger partial charge in [0, 0.05) is 19.5 Å². The molecule has 1 rings (SSSR count). The number of carbonyl (C=O) groups is 1. The molecule has 0 aromatic carbocycles. The van der Waals surface area contributed by atoms with E-state index in [1.807, 2.05) is 0 Å². The molecule has 18 heavy (non-hydrogen) atoms. The Hall–Kier alpha value is -1.80. The molecule has 0 spiro atoms. The van der Waals surface area contributed by atoms with Crippen molar-refractivity contribution in [1.29, 1.82) is 5.26 Å². The van der Waals surface area contributed by atoms with Gasteiger partial charge in [0.05, 0.1) is 18.2 Å². The molecule has 1 N–H and O–H groups in total. The van der Waals surface area contributed by atoms with E-state index in [9.17, 15) is 4.79 Å². The van der Waals surface area contributed by atoms with Gasteiger partial charge in [-0.2, -0.15) is 5.26 Å². The first kappa shape index (κ1) is 14.3. The van der Waals surface area contributed by atoms with Crippen LogP contribution in [-0.4, -0.2) is 29.1 Å². The molecule has 1 aromatic rings. The summed E-state index contributed by atoms with van der Waals surface area (Å²) in [6.07, 6.45) is 1.70. The van der Waals surface area contributed by atoms with E-state index in [2.05, 4.69) is 24.8 Å². The average molecular weight is 250 g/mol. The quantitative estimate of drug-likeness (QED) is 0.803. The van der Waals surface area contributed by atoms with Crippen molar-refractivity contribution in [2.45, 2.75) is 26.8 Å². The average Bonchev–Trinajstić information content (AvgIpc) is 2.73. The molecule has 0 saturated heterocycles. The lowest BCUT2D eigenvalue weighted by Crippen LogP contribution is -2.28. The van der Waals surface area contributed by atoms with E-state index in [-0.39, 0.29) is 5.56 Å². The Bertz CT molecular complexity index is 432. The summed E-state index contributed by atoms with van der Waals surface area (Å²) in [6, 6.07) is 3.64. The molecule has 0 unspecified atom stereocenters. The Morgan fingerprint density at radius 2 is 2.33 bits per heavy atom. The van der Waals surface area contributed by atoms with E-state index in [1.165, 1.54) is 12.3 Å². The molecule has 0 bridgehead atoms. The monoisotopic (exact) mass is 250 g/mol. The van der Waals surface area contributed by atoms with Gasteiger partial charge in [-0.25, -0.2) is 4.79 Å². The van der Waals surface area contributed by atoms with E-state index in [0.717, 1.165) is 6.54 Å². The minimum Gasteiger partial charge on any atom is -0.478 e. The molecule has 0 saturated carbocycles. The lowest BCUT2D eigenvalue weighted by molar-refractivity contribution is 0.0696. The highest BCUT2D eigenvalue weighted by molar-refractivity contribution is 5.87. The molecule has 0 aliphatic carbocycles. The second-order valence-corrected chi connectivity index (χ2v) is 4.64. The summed E-state index contributed by atoms with van der Waals surface area (Å²) in [5.41, 5.74) is 0.162. The zero-order valence-electron chi connectivity index (χ0n) is 10.7. The number of furan rings is 1. The zero-order chi connectivity index (χ0) is 13.5. The largest absolute Gasteiger partial charge is 0.478 e. The Morgan fingerprint density at radius 1 is 1.61 bits per heavy atom. The van der Waals surface area contributed by atoms with E-state index in [1.54, 1.807) is 0 Å². The van der Waals surface area contributed by atoms with E-state index in [4.69, 9.17) is 14.8 Å². The predicted molar refractivity (Wildman–Crippen MR) is 66.0 cm³/mol. The lowest BCUT2D eigenvalue weighted by Gasteiger charge is -2.21. The van der Waals surface area contributed by atoms with Crippen molar-refractivity contribution in [3.8, 4) is 6.07 Å². The Kier molecular flexibility index (Phi) is 5.40. The van der Waals surface area contributed by atoms with Gasteiger partial charge in [0.1, 0.15) is 12.0 Å². The first-order valence-electron chi connectivity index (χ1n) is 5.93. The molecule has 5 heteroatoms. The maximum atomic E-state index is 10.7. The summed E-state index contributed by atoms with van der Waals surface area (Å²) in [6.45, 7) is 6.25. The molecule has 0 aliphatic heterocycles. The van der Waals surface area contributed by atoms with Crippen LogP contribution in [0.2, 0.25) is 0 Å². The van der Waals surface area contributed by atoms with Crippen LogP contribution in [0.3, 0.4) is 0 Å². The van der Waals surface area contributed by atoms with Gasteiger partial charge in [0.2, 0.25) is 0 Å². The number of carboxylic acid groups (broad SMARTS) is 1. The predicted octanol–water partition coefficient (Wildman–Crippen LogP) is 2.35. The minimum absolute atomic E-state index is 0.162. The van der Waals surface area contributed by atoms with Gasteiger partial charge >= 0.3 is 5.97 Å². The highest BCUT2D eigenvalue weighted by Gasteiger charge is 2.13. The number of nitrogens with zero attached hydrogens (tertiary/aromatic N) is 2. The van der Waals surface area contributed by atoms with Crippen LogP contribution in [-0.2, 0) is 6.54 Å². The van der Waals surface area contributed by atoms with Gasteiger partial charge in [-0.1, -0.05) is 13.8 Å². The summed E-state index contributed by atoms with van der Waals surface area (Å²) in [5, 5.41) is 17.4. The lowest BCUT2D eigenvalue weighted by atomic mass is 10.2. The van der Waals surface area contributed by atoms with Crippen LogP contribution < -0.4 is 0 Å². The molecule has 1 heterocycles. The molecule has 1 aromatic heterocycles. The first-order chi connectivity index (χ1) is 8.52. The summed E-state index contributed by atoms with van der Waals surface area (Å²) in [4.78, 5) is 12.8. The summed E-state index contributed by atoms with van der Waals surface area (Å²) >= 11 is 0. The maximum Gasteiger partial charge on any atom is 0.338 e. The standard InChI is InChI=1S/C13H18N2O3/c1-10(2)7-15(5-3-4-14)8-12-6-11(9-18-12)13(16)17/h6,9-10H,3,5,7-8H2,1-2H3,(H,16,17). The highest BCUT2D eigenvalue weighted by Crippen LogP contribution is 2.12. The third kappa shape index (κ3) is 4.60. The third-order valence-electron chi connectivity index (χ3n) is 2.44. The van der Waals surface area contributed by atoms with E-state index < -0.39 is 5.97 Å². The van der Waals surface area contributed by atoms with Crippen LogP contribution in [0, 0.1) is 17.2 Å². The topological polar surface area (TPSA) is 77.5 Å². The van der Waals surface area contributed by atoms with E-state index in [0.29, 0.717) is 31.2 Å². The highest BCUT2D eigenvalue weighted by atomic mass is 16.4. The van der Waals surface area contributed by atoms with Crippen molar-refractivity contribution in [3.63, 3.8) is 0 Å². The van der Waals surface area contributed by atoms with Gasteiger partial charge < -0.3 is 9.52 Å².